The second kappa shape index (κ2) is 30.7. The molecule has 7 amide bonds. The molecular formula is C49H73N11O13. The lowest BCUT2D eigenvalue weighted by atomic mass is 9.96. The molecule has 0 saturated carbocycles. The molecule has 402 valence electrons. The Labute approximate surface area is 423 Å². The first-order valence-electron chi connectivity index (χ1n) is 24.4. The minimum atomic E-state index is -1.63. The SMILES string of the molecule is CC[C@H](C)[C@H](NC(=O)[C@@H](N)Cc1ccc(O)cc1)C(=O)N[C@H](C(=O)N[C@@H](CCCCN)C(=O)NCC(=O)N[C@@H](Cc1c[nH]c2ccccc12)C(=O)N[C@@H](CCCCN)C(=O)N[C@@H](CCC(=O)O)C(=O)O)[C@@H](C)O. The Morgan fingerprint density at radius 3 is 1.78 bits per heavy atom. The number of fused-ring (bicyclic) bond motifs is 1. The van der Waals surface area contributed by atoms with Crippen molar-refractivity contribution in [3.8, 4) is 5.75 Å². The van der Waals surface area contributed by atoms with Crippen LogP contribution in [0.4, 0.5) is 0 Å². The molecule has 3 aromatic rings. The highest BCUT2D eigenvalue weighted by molar-refractivity contribution is 5.97. The fourth-order valence-electron chi connectivity index (χ4n) is 7.71. The van der Waals surface area contributed by atoms with E-state index >= 15 is 0 Å². The molecule has 0 spiro atoms. The average Bonchev–Trinajstić information content (AvgIpc) is 3.76. The molecule has 18 N–H and O–H groups in total. The number of carboxylic acids is 2. The van der Waals surface area contributed by atoms with Gasteiger partial charge in [0, 0.05) is 29.9 Å². The van der Waals surface area contributed by atoms with Crippen LogP contribution in [0.1, 0.15) is 89.7 Å². The van der Waals surface area contributed by atoms with E-state index in [1.807, 2.05) is 0 Å². The number of para-hydroxylation sites is 1. The summed E-state index contributed by atoms with van der Waals surface area (Å²) < 4.78 is 0. The van der Waals surface area contributed by atoms with Crippen molar-refractivity contribution in [1.82, 2.24) is 42.2 Å². The summed E-state index contributed by atoms with van der Waals surface area (Å²) in [5, 5.41) is 57.5. The van der Waals surface area contributed by atoms with Crippen molar-refractivity contribution in [2.75, 3.05) is 19.6 Å². The predicted octanol–water partition coefficient (Wildman–Crippen LogP) is -1.35. The molecule has 3 rings (SSSR count). The van der Waals surface area contributed by atoms with Gasteiger partial charge in [-0.1, -0.05) is 50.6 Å². The monoisotopic (exact) mass is 1020 g/mol. The zero-order valence-corrected chi connectivity index (χ0v) is 41.5. The van der Waals surface area contributed by atoms with Crippen molar-refractivity contribution >= 4 is 64.2 Å². The second-order valence-corrected chi connectivity index (χ2v) is 18.0. The Bertz CT molecular complexity index is 2330. The highest BCUT2D eigenvalue weighted by Gasteiger charge is 2.35. The first kappa shape index (κ1) is 60.2. The summed E-state index contributed by atoms with van der Waals surface area (Å²) in [6.45, 7) is 4.51. The Morgan fingerprint density at radius 2 is 1.19 bits per heavy atom. The molecule has 9 atom stereocenters. The summed E-state index contributed by atoms with van der Waals surface area (Å²) in [6, 6.07) is 3.72. The Kier molecular flexibility index (Phi) is 25.3. The van der Waals surface area contributed by atoms with Crippen LogP contribution in [0.25, 0.3) is 10.9 Å². The molecule has 0 aliphatic rings. The molecule has 24 heteroatoms. The summed E-state index contributed by atoms with van der Waals surface area (Å²) >= 11 is 0. The van der Waals surface area contributed by atoms with Crippen LogP contribution in [-0.4, -0.2) is 147 Å². The summed E-state index contributed by atoms with van der Waals surface area (Å²) in [7, 11) is 0. The van der Waals surface area contributed by atoms with Gasteiger partial charge in [0.15, 0.2) is 0 Å². The van der Waals surface area contributed by atoms with Gasteiger partial charge in [0.2, 0.25) is 41.4 Å². The molecule has 1 aromatic heterocycles. The van der Waals surface area contributed by atoms with E-state index in [4.69, 9.17) is 22.3 Å². The minimum Gasteiger partial charge on any atom is -0.508 e. The van der Waals surface area contributed by atoms with Crippen molar-refractivity contribution in [3.63, 3.8) is 0 Å². The molecule has 0 unspecified atom stereocenters. The Morgan fingerprint density at radius 1 is 0.630 bits per heavy atom. The summed E-state index contributed by atoms with van der Waals surface area (Å²) in [5.74, 6) is -9.08. The number of nitrogens with one attached hydrogen (secondary N) is 8. The van der Waals surface area contributed by atoms with Crippen molar-refractivity contribution in [2.45, 2.75) is 140 Å². The van der Waals surface area contributed by atoms with Crippen molar-refractivity contribution < 1.29 is 63.6 Å². The van der Waals surface area contributed by atoms with Gasteiger partial charge in [-0.2, -0.15) is 0 Å². The maximum Gasteiger partial charge on any atom is 0.326 e. The maximum absolute atomic E-state index is 14.1. The van der Waals surface area contributed by atoms with Crippen LogP contribution in [0.2, 0.25) is 0 Å². The third kappa shape index (κ3) is 20.1. The van der Waals surface area contributed by atoms with Crippen LogP contribution >= 0.6 is 0 Å². The van der Waals surface area contributed by atoms with Crippen molar-refractivity contribution in [2.24, 2.45) is 23.1 Å². The number of hydrogen-bond acceptors (Lipinski definition) is 14. The van der Waals surface area contributed by atoms with E-state index in [1.165, 1.54) is 19.1 Å². The zero-order valence-electron chi connectivity index (χ0n) is 41.5. The number of nitrogens with two attached hydrogens (primary N) is 3. The molecule has 0 fully saturated rings. The van der Waals surface area contributed by atoms with Gasteiger partial charge in [-0.3, -0.25) is 38.4 Å². The average molecular weight is 1020 g/mol. The van der Waals surface area contributed by atoms with Gasteiger partial charge in [-0.25, -0.2) is 4.79 Å². The number of aliphatic hydroxyl groups excluding tert-OH is 1. The van der Waals surface area contributed by atoms with E-state index in [9.17, 15) is 58.5 Å². The zero-order chi connectivity index (χ0) is 54.2. The van der Waals surface area contributed by atoms with Crippen molar-refractivity contribution in [3.05, 3.63) is 65.9 Å². The topological polar surface area (TPSA) is 413 Å². The number of amides is 7. The third-order valence-corrected chi connectivity index (χ3v) is 12.2. The summed E-state index contributed by atoms with van der Waals surface area (Å²) in [5.41, 5.74) is 19.5. The fraction of sp³-hybridized carbons (Fsp3) is 0.531. The van der Waals surface area contributed by atoms with Crippen molar-refractivity contribution in [1.29, 1.82) is 0 Å². The van der Waals surface area contributed by atoms with Crippen LogP contribution in [-0.2, 0) is 56.0 Å². The Balaban J connectivity index is 1.80. The number of phenolic OH excluding ortho intramolecular Hbond substituents is 1. The number of H-pyrrole nitrogens is 1. The molecule has 0 bridgehead atoms. The highest BCUT2D eigenvalue weighted by atomic mass is 16.4. The molecular weight excluding hydrogens is 951 g/mol. The summed E-state index contributed by atoms with van der Waals surface area (Å²) in [6.07, 6.45) is 1.10. The van der Waals surface area contributed by atoms with Gasteiger partial charge >= 0.3 is 11.9 Å². The third-order valence-electron chi connectivity index (χ3n) is 12.2. The van der Waals surface area contributed by atoms with E-state index in [2.05, 4.69) is 42.2 Å². The number of rotatable bonds is 33. The summed E-state index contributed by atoms with van der Waals surface area (Å²) in [4.78, 5) is 122. The smallest absolute Gasteiger partial charge is 0.326 e. The number of carbonyl (C=O) groups excluding carboxylic acids is 7. The molecule has 24 nitrogen and oxygen atoms in total. The number of unbranched alkanes of at least 4 members (excludes halogenated alkanes) is 2. The minimum absolute atomic E-state index is 0.00739. The number of phenols is 1. The predicted molar refractivity (Wildman–Crippen MR) is 268 cm³/mol. The number of aromatic amines is 1. The van der Waals surface area contributed by atoms with Gasteiger partial charge in [-0.05, 0) is 107 Å². The van der Waals surface area contributed by atoms with Crippen LogP contribution in [0, 0.1) is 5.92 Å². The van der Waals surface area contributed by atoms with Crippen LogP contribution in [0.3, 0.4) is 0 Å². The fourth-order valence-corrected chi connectivity index (χ4v) is 7.71. The molecule has 0 radical (unpaired) electrons. The van der Waals surface area contributed by atoms with E-state index in [-0.39, 0.29) is 44.5 Å². The van der Waals surface area contributed by atoms with Crippen LogP contribution in [0.5, 0.6) is 5.75 Å². The first-order valence-corrected chi connectivity index (χ1v) is 24.4. The molecule has 0 aliphatic heterocycles. The van der Waals surface area contributed by atoms with E-state index in [0.29, 0.717) is 43.2 Å². The molecule has 0 saturated heterocycles. The van der Waals surface area contributed by atoms with Crippen LogP contribution in [0.15, 0.2) is 54.7 Å². The standard InChI is InChI=1S/C49H73N11O13/c1-4-27(2)41(59-43(66)33(52)23-29-15-17-31(62)18-16-29)47(70)60-42(28(3)61)48(71)57-35(13-7-9-21-50)44(67)54-26-39(63)55-38(24-30-25-53-34-12-6-5-11-32(30)34)46(69)56-36(14-8-10-22-51)45(68)58-37(49(72)73)19-20-40(64)65/h5-6,11-12,15-18,25,27-28,33,35-38,41-42,53,61-62H,4,7-10,13-14,19-24,26,50-52H2,1-3H3,(H,54,67)(H,55,63)(H,56,69)(H,57,71)(H,58,68)(H,59,66)(H,60,70)(H,64,65)(H,72,73)/t27-,28+,33-,35-,36-,37-,38-,41-,42-/m0/s1. The van der Waals surface area contributed by atoms with Gasteiger partial charge in [0.25, 0.3) is 0 Å². The maximum atomic E-state index is 14.1. The number of aliphatic carboxylic acids is 2. The molecule has 0 aliphatic carbocycles. The molecule has 2 aromatic carbocycles. The van der Waals surface area contributed by atoms with Gasteiger partial charge in [0.1, 0.15) is 42.0 Å². The lowest BCUT2D eigenvalue weighted by Gasteiger charge is -2.29. The normalized spacial score (nSPS) is 14.9. The number of carbonyl (C=O) groups is 9. The number of aliphatic hydroxyl groups is 1. The quantitative estimate of drug-likeness (QED) is 0.0314. The number of carboxylic acid groups (broad SMARTS) is 2. The molecule has 73 heavy (non-hydrogen) atoms. The number of aromatic hydroxyl groups is 1. The second-order valence-electron chi connectivity index (χ2n) is 18.0. The largest absolute Gasteiger partial charge is 0.508 e. The molecule has 1 heterocycles. The number of hydrogen-bond donors (Lipinski definition) is 15. The van der Waals surface area contributed by atoms with E-state index in [0.717, 1.165) is 10.9 Å². The lowest BCUT2D eigenvalue weighted by molar-refractivity contribution is -0.143. The lowest BCUT2D eigenvalue weighted by Crippen LogP contribution is -2.61. The Hall–Kier alpha value is -7.15. The first-order chi connectivity index (χ1) is 34.7. The van der Waals surface area contributed by atoms with Gasteiger partial charge in [0.05, 0.1) is 18.7 Å². The highest BCUT2D eigenvalue weighted by Crippen LogP contribution is 2.20. The number of benzene rings is 2. The number of aromatic nitrogens is 1. The van der Waals surface area contributed by atoms with E-state index < -0.39 is 127 Å². The van der Waals surface area contributed by atoms with Crippen LogP contribution < -0.4 is 54.4 Å². The van der Waals surface area contributed by atoms with Gasteiger partial charge < -0.3 is 79.8 Å². The van der Waals surface area contributed by atoms with E-state index in [1.54, 1.807) is 56.4 Å². The van der Waals surface area contributed by atoms with Gasteiger partial charge in [-0.15, -0.1) is 0 Å².